The van der Waals surface area contributed by atoms with E-state index in [4.69, 9.17) is 46.4 Å². The van der Waals surface area contributed by atoms with Crippen molar-refractivity contribution in [2.45, 2.75) is 0 Å². The van der Waals surface area contributed by atoms with Crippen LogP contribution in [-0.2, 0) is 0 Å². The lowest BCUT2D eigenvalue weighted by atomic mass is 10.1. The van der Waals surface area contributed by atoms with E-state index in [1.54, 1.807) is 0 Å². The predicted octanol–water partition coefficient (Wildman–Crippen LogP) is 5.50. The number of halogens is 5. The minimum absolute atomic E-state index is 0.143. The second-order valence-electron chi connectivity index (χ2n) is 3.24. The summed E-state index contributed by atoms with van der Waals surface area (Å²) in [6.45, 7) is 0. The van der Waals surface area contributed by atoms with Crippen molar-refractivity contribution in [3.8, 4) is 11.1 Å². The van der Waals surface area contributed by atoms with E-state index in [1.165, 1.54) is 24.4 Å². The lowest BCUT2D eigenvalue weighted by Gasteiger charge is -2.08. The minimum atomic E-state index is -0.694. The van der Waals surface area contributed by atoms with Gasteiger partial charge in [-0.15, -0.1) is 0 Å². The molecule has 0 saturated heterocycles. The minimum Gasteiger partial charge on any atom is -0.226 e. The molecule has 0 radical (unpaired) electrons. The maximum absolute atomic E-state index is 13.6. The molecule has 0 saturated carbocycles. The lowest BCUT2D eigenvalue weighted by molar-refractivity contribution is 0.587. The first-order valence-corrected chi connectivity index (χ1v) is 5.96. The zero-order valence-corrected chi connectivity index (χ0v) is 11.2. The summed E-state index contributed by atoms with van der Waals surface area (Å²) >= 11 is 23.5. The maximum atomic E-state index is 13.6. The number of nitrogens with zero attached hydrogens (tertiary/aromatic N) is 1. The summed E-state index contributed by atoms with van der Waals surface area (Å²) in [7, 11) is 0. The first-order valence-electron chi connectivity index (χ1n) is 4.45. The fourth-order valence-corrected chi connectivity index (χ4v) is 2.58. The fourth-order valence-electron chi connectivity index (χ4n) is 1.40. The summed E-state index contributed by atoms with van der Waals surface area (Å²) in [6.07, 6.45) is 1.21. The number of rotatable bonds is 1. The molecule has 1 nitrogen and oxygen atoms in total. The summed E-state index contributed by atoms with van der Waals surface area (Å²) in [5, 5.41) is 1.15. The van der Waals surface area contributed by atoms with Crippen molar-refractivity contribution in [3.63, 3.8) is 0 Å². The molecule has 0 atom stereocenters. The quantitative estimate of drug-likeness (QED) is 0.634. The molecular formula is C11H4Cl4FN. The molecule has 0 fully saturated rings. The number of pyridine rings is 1. The molecule has 88 valence electrons. The fraction of sp³-hybridized carbons (Fsp3) is 0. The Labute approximate surface area is 117 Å². The monoisotopic (exact) mass is 309 g/mol. The van der Waals surface area contributed by atoms with E-state index in [9.17, 15) is 4.39 Å². The molecule has 6 heteroatoms. The van der Waals surface area contributed by atoms with Gasteiger partial charge in [0.05, 0.1) is 15.1 Å². The molecule has 1 aromatic heterocycles. The second-order valence-corrected chi connectivity index (χ2v) is 4.92. The first-order chi connectivity index (χ1) is 7.99. The molecule has 0 aliphatic heterocycles. The van der Waals surface area contributed by atoms with Crippen molar-refractivity contribution < 1.29 is 4.39 Å². The van der Waals surface area contributed by atoms with Gasteiger partial charge in [0, 0.05) is 22.3 Å². The molecule has 17 heavy (non-hydrogen) atoms. The van der Waals surface area contributed by atoms with Crippen molar-refractivity contribution in [2.24, 2.45) is 0 Å². The van der Waals surface area contributed by atoms with Crippen molar-refractivity contribution in [2.75, 3.05) is 0 Å². The van der Waals surface area contributed by atoms with Gasteiger partial charge in [-0.05, 0) is 18.2 Å². The Morgan fingerprint density at radius 3 is 2.06 bits per heavy atom. The van der Waals surface area contributed by atoms with E-state index >= 15 is 0 Å². The van der Waals surface area contributed by atoms with Crippen LogP contribution in [-0.4, -0.2) is 4.98 Å². The molecular weight excluding hydrogens is 307 g/mol. The second kappa shape index (κ2) is 4.99. The molecule has 0 unspecified atom stereocenters. The van der Waals surface area contributed by atoms with Crippen LogP contribution in [0.3, 0.4) is 0 Å². The van der Waals surface area contributed by atoms with Crippen LogP contribution >= 0.6 is 46.4 Å². The smallest absolute Gasteiger partial charge is 0.220 e. The molecule has 0 amide bonds. The standard InChI is InChI=1S/C11H4Cl4FN/c12-5-2-8(14)10(9(15)3-5)7-1-6(13)4-17-11(7)16/h1-4H. The number of hydrogen-bond acceptors (Lipinski definition) is 1. The van der Waals surface area contributed by atoms with Gasteiger partial charge in [-0.2, -0.15) is 4.39 Å². The maximum Gasteiger partial charge on any atom is 0.220 e. The largest absolute Gasteiger partial charge is 0.226 e. The van der Waals surface area contributed by atoms with Crippen LogP contribution in [0.1, 0.15) is 0 Å². The highest BCUT2D eigenvalue weighted by Crippen LogP contribution is 2.38. The Morgan fingerprint density at radius 2 is 1.47 bits per heavy atom. The van der Waals surface area contributed by atoms with Crippen molar-refractivity contribution in [1.29, 1.82) is 0 Å². The van der Waals surface area contributed by atoms with Gasteiger partial charge in [-0.3, -0.25) is 0 Å². The van der Waals surface area contributed by atoms with Gasteiger partial charge in [0.15, 0.2) is 0 Å². The molecule has 0 N–H and O–H groups in total. The Morgan fingerprint density at radius 1 is 0.882 bits per heavy atom. The average Bonchev–Trinajstić information content (AvgIpc) is 2.21. The van der Waals surface area contributed by atoms with Gasteiger partial charge in [0.2, 0.25) is 5.95 Å². The third-order valence-corrected chi connectivity index (χ3v) is 3.10. The summed E-state index contributed by atoms with van der Waals surface area (Å²) in [6, 6.07) is 4.36. The molecule has 0 bridgehead atoms. The molecule has 0 aliphatic rings. The van der Waals surface area contributed by atoms with Crippen LogP contribution in [0.15, 0.2) is 24.4 Å². The van der Waals surface area contributed by atoms with Gasteiger partial charge in [0.1, 0.15) is 0 Å². The van der Waals surface area contributed by atoms with Gasteiger partial charge >= 0.3 is 0 Å². The highest BCUT2D eigenvalue weighted by molar-refractivity contribution is 6.42. The normalized spacial score (nSPS) is 10.6. The molecule has 2 rings (SSSR count). The zero-order chi connectivity index (χ0) is 12.6. The van der Waals surface area contributed by atoms with Crippen LogP contribution in [0.5, 0.6) is 0 Å². The van der Waals surface area contributed by atoms with Crippen molar-refractivity contribution >= 4 is 46.4 Å². The van der Waals surface area contributed by atoms with E-state index in [0.717, 1.165) is 0 Å². The van der Waals surface area contributed by atoms with Crippen molar-refractivity contribution in [3.05, 3.63) is 50.4 Å². The van der Waals surface area contributed by atoms with Crippen LogP contribution in [0.25, 0.3) is 11.1 Å². The third-order valence-electron chi connectivity index (χ3n) is 2.08. The van der Waals surface area contributed by atoms with Crippen LogP contribution in [0.4, 0.5) is 4.39 Å². The van der Waals surface area contributed by atoms with E-state index in [2.05, 4.69) is 4.98 Å². The van der Waals surface area contributed by atoms with Gasteiger partial charge in [-0.25, -0.2) is 4.98 Å². The number of aromatic nitrogens is 1. The molecule has 1 heterocycles. The van der Waals surface area contributed by atoms with Crippen molar-refractivity contribution in [1.82, 2.24) is 4.98 Å². The SMILES string of the molecule is Fc1ncc(Cl)cc1-c1c(Cl)cc(Cl)cc1Cl. The van der Waals surface area contributed by atoms with E-state index in [0.29, 0.717) is 15.6 Å². The number of hydrogen-bond donors (Lipinski definition) is 0. The molecule has 1 aromatic carbocycles. The Balaban J connectivity index is 2.72. The van der Waals surface area contributed by atoms with Gasteiger partial charge in [0.25, 0.3) is 0 Å². The lowest BCUT2D eigenvalue weighted by Crippen LogP contribution is -1.90. The highest BCUT2D eigenvalue weighted by atomic mass is 35.5. The van der Waals surface area contributed by atoms with Crippen LogP contribution in [0, 0.1) is 5.95 Å². The van der Waals surface area contributed by atoms with Crippen LogP contribution < -0.4 is 0 Å². The van der Waals surface area contributed by atoms with Gasteiger partial charge < -0.3 is 0 Å². The summed E-state index contributed by atoms with van der Waals surface area (Å²) in [4.78, 5) is 3.51. The first kappa shape index (κ1) is 12.9. The van der Waals surface area contributed by atoms with E-state index in [1.807, 2.05) is 0 Å². The Bertz CT molecular complexity index is 563. The number of benzene rings is 1. The summed E-state index contributed by atoms with van der Waals surface area (Å²) < 4.78 is 13.6. The Hall–Kier alpha value is -0.540. The molecule has 0 aliphatic carbocycles. The van der Waals surface area contributed by atoms with Crippen LogP contribution in [0.2, 0.25) is 20.1 Å². The topological polar surface area (TPSA) is 12.9 Å². The summed E-state index contributed by atoms with van der Waals surface area (Å²) in [5.74, 6) is -0.694. The Kier molecular flexibility index (Phi) is 3.79. The van der Waals surface area contributed by atoms with E-state index < -0.39 is 5.95 Å². The zero-order valence-electron chi connectivity index (χ0n) is 8.15. The summed E-state index contributed by atoms with van der Waals surface area (Å²) in [5.41, 5.74) is 0.467. The average molecular weight is 311 g/mol. The van der Waals surface area contributed by atoms with Gasteiger partial charge in [-0.1, -0.05) is 46.4 Å². The molecule has 2 aromatic rings. The third kappa shape index (κ3) is 2.66. The molecule has 0 spiro atoms. The predicted molar refractivity (Wildman–Crippen MR) is 69.7 cm³/mol. The highest BCUT2D eigenvalue weighted by Gasteiger charge is 2.15. The van der Waals surface area contributed by atoms with E-state index in [-0.39, 0.29) is 15.6 Å².